The Bertz CT molecular complexity index is 672. The maximum absolute atomic E-state index is 12.1. The van der Waals surface area contributed by atoms with E-state index in [-0.39, 0.29) is 16.9 Å². The highest BCUT2D eigenvalue weighted by atomic mass is 16.4. The van der Waals surface area contributed by atoms with E-state index in [2.05, 4.69) is 0 Å². The number of aromatic carboxylic acids is 1. The molecule has 0 aliphatic carbocycles. The Kier molecular flexibility index (Phi) is 3.96. The van der Waals surface area contributed by atoms with Crippen LogP contribution in [0.4, 0.5) is 0 Å². The van der Waals surface area contributed by atoms with Gasteiger partial charge in [0.1, 0.15) is 5.75 Å². The van der Waals surface area contributed by atoms with Gasteiger partial charge in [0.15, 0.2) is 5.78 Å². The molecule has 2 aromatic carbocycles. The summed E-state index contributed by atoms with van der Waals surface area (Å²) >= 11 is 0. The average molecular weight is 268 g/mol. The van der Waals surface area contributed by atoms with Crippen LogP contribution in [0.5, 0.6) is 5.75 Å². The van der Waals surface area contributed by atoms with E-state index in [1.165, 1.54) is 24.3 Å². The minimum absolute atomic E-state index is 0.202. The summed E-state index contributed by atoms with van der Waals surface area (Å²) in [5, 5.41) is 18.7. The van der Waals surface area contributed by atoms with Gasteiger partial charge >= 0.3 is 5.97 Å². The molecule has 0 bridgehead atoms. The Labute approximate surface area is 115 Å². The number of rotatable bonds is 4. The zero-order valence-corrected chi connectivity index (χ0v) is 10.5. The van der Waals surface area contributed by atoms with E-state index in [1.807, 2.05) is 30.3 Å². The van der Waals surface area contributed by atoms with Gasteiger partial charge in [-0.25, -0.2) is 4.79 Å². The highest BCUT2D eigenvalue weighted by molar-refractivity contribution is 6.14. The van der Waals surface area contributed by atoms with Crippen LogP contribution in [0.1, 0.15) is 26.3 Å². The Morgan fingerprint density at radius 3 is 2.30 bits per heavy atom. The summed E-state index contributed by atoms with van der Waals surface area (Å²) in [5.74, 6) is -2.14. The Morgan fingerprint density at radius 2 is 1.65 bits per heavy atom. The molecule has 0 aliphatic heterocycles. The van der Waals surface area contributed by atoms with Gasteiger partial charge in [-0.3, -0.25) is 4.79 Å². The molecule has 4 heteroatoms. The number of ketones is 1. The molecule has 0 fully saturated rings. The molecule has 20 heavy (non-hydrogen) atoms. The van der Waals surface area contributed by atoms with Crippen molar-refractivity contribution in [3.8, 4) is 5.75 Å². The largest absolute Gasteiger partial charge is 0.507 e. The maximum Gasteiger partial charge on any atom is 0.336 e. The average Bonchev–Trinajstić information content (AvgIpc) is 2.45. The second-order valence-corrected chi connectivity index (χ2v) is 4.11. The van der Waals surface area contributed by atoms with Gasteiger partial charge in [0.25, 0.3) is 0 Å². The molecule has 0 amide bonds. The molecule has 0 heterocycles. The smallest absolute Gasteiger partial charge is 0.336 e. The van der Waals surface area contributed by atoms with Crippen LogP contribution in [0, 0.1) is 0 Å². The summed E-state index contributed by atoms with van der Waals surface area (Å²) in [6.45, 7) is 0. The first-order valence-electron chi connectivity index (χ1n) is 5.92. The van der Waals surface area contributed by atoms with E-state index in [9.17, 15) is 14.7 Å². The summed E-state index contributed by atoms with van der Waals surface area (Å²) in [4.78, 5) is 23.1. The molecule has 0 saturated heterocycles. The standard InChI is InChI=1S/C16H12O4/c17-13-8-4-7-12(16(19)20)15(13)14(18)10-9-11-5-2-1-3-6-11/h1-10,17H,(H,19,20). The second-order valence-electron chi connectivity index (χ2n) is 4.11. The summed E-state index contributed by atoms with van der Waals surface area (Å²) in [7, 11) is 0. The van der Waals surface area contributed by atoms with E-state index >= 15 is 0 Å². The Morgan fingerprint density at radius 1 is 0.950 bits per heavy atom. The van der Waals surface area contributed by atoms with Gasteiger partial charge in [-0.15, -0.1) is 0 Å². The predicted molar refractivity (Wildman–Crippen MR) is 74.9 cm³/mol. The lowest BCUT2D eigenvalue weighted by Gasteiger charge is -2.04. The summed E-state index contributed by atoms with van der Waals surface area (Å²) in [6, 6.07) is 13.1. The van der Waals surface area contributed by atoms with Gasteiger partial charge in [-0.05, 0) is 23.8 Å². The molecule has 100 valence electrons. The molecule has 2 rings (SSSR count). The molecule has 0 spiro atoms. The number of phenolic OH excluding ortho intramolecular Hbond substituents is 1. The summed E-state index contributed by atoms with van der Waals surface area (Å²) in [6.07, 6.45) is 2.82. The van der Waals surface area contributed by atoms with Crippen LogP contribution >= 0.6 is 0 Å². The molecule has 2 aromatic rings. The molecule has 0 aliphatic rings. The van der Waals surface area contributed by atoms with Crippen molar-refractivity contribution < 1.29 is 19.8 Å². The number of carboxylic acid groups (broad SMARTS) is 1. The molecule has 2 N–H and O–H groups in total. The van der Waals surface area contributed by atoms with Gasteiger partial charge in [0, 0.05) is 0 Å². The minimum Gasteiger partial charge on any atom is -0.507 e. The number of hydrogen-bond donors (Lipinski definition) is 2. The van der Waals surface area contributed by atoms with Crippen molar-refractivity contribution in [2.24, 2.45) is 0 Å². The fourth-order valence-electron chi connectivity index (χ4n) is 1.80. The number of allylic oxidation sites excluding steroid dienone is 1. The Hall–Kier alpha value is -2.88. The van der Waals surface area contributed by atoms with Crippen LogP contribution in [0.3, 0.4) is 0 Å². The fourth-order valence-corrected chi connectivity index (χ4v) is 1.80. The van der Waals surface area contributed by atoms with Crippen molar-refractivity contribution in [3.63, 3.8) is 0 Å². The highest BCUT2D eigenvalue weighted by Gasteiger charge is 2.18. The van der Waals surface area contributed by atoms with Gasteiger partial charge in [0.2, 0.25) is 0 Å². The molecule has 0 aromatic heterocycles. The third-order valence-corrected chi connectivity index (χ3v) is 2.75. The number of hydrogen-bond acceptors (Lipinski definition) is 3. The lowest BCUT2D eigenvalue weighted by molar-refractivity contribution is 0.0692. The molecular weight excluding hydrogens is 256 g/mol. The highest BCUT2D eigenvalue weighted by Crippen LogP contribution is 2.22. The van der Waals surface area contributed by atoms with Gasteiger partial charge < -0.3 is 10.2 Å². The monoisotopic (exact) mass is 268 g/mol. The van der Waals surface area contributed by atoms with E-state index in [1.54, 1.807) is 6.08 Å². The first-order chi connectivity index (χ1) is 9.59. The van der Waals surface area contributed by atoms with Crippen LogP contribution in [0.2, 0.25) is 0 Å². The number of carbonyl (C=O) groups excluding carboxylic acids is 1. The van der Waals surface area contributed by atoms with Crippen molar-refractivity contribution in [2.45, 2.75) is 0 Å². The third-order valence-electron chi connectivity index (χ3n) is 2.75. The lowest BCUT2D eigenvalue weighted by Crippen LogP contribution is -2.07. The Balaban J connectivity index is 2.35. The summed E-state index contributed by atoms with van der Waals surface area (Å²) < 4.78 is 0. The molecule has 0 unspecified atom stereocenters. The van der Waals surface area contributed by atoms with Gasteiger partial charge in [0.05, 0.1) is 11.1 Å². The lowest BCUT2D eigenvalue weighted by atomic mass is 10.0. The van der Waals surface area contributed by atoms with Crippen molar-refractivity contribution in [2.75, 3.05) is 0 Å². The number of aromatic hydroxyl groups is 1. The van der Waals surface area contributed by atoms with Crippen LogP contribution in [-0.2, 0) is 0 Å². The normalized spacial score (nSPS) is 10.6. The second kappa shape index (κ2) is 5.84. The van der Waals surface area contributed by atoms with Gasteiger partial charge in [-0.2, -0.15) is 0 Å². The van der Waals surface area contributed by atoms with E-state index in [4.69, 9.17) is 5.11 Å². The third kappa shape index (κ3) is 2.92. The van der Waals surface area contributed by atoms with Crippen LogP contribution in [0.15, 0.2) is 54.6 Å². The number of phenols is 1. The fraction of sp³-hybridized carbons (Fsp3) is 0. The van der Waals surface area contributed by atoms with E-state index < -0.39 is 11.8 Å². The van der Waals surface area contributed by atoms with Crippen LogP contribution < -0.4 is 0 Å². The van der Waals surface area contributed by atoms with Crippen LogP contribution in [-0.4, -0.2) is 22.0 Å². The quantitative estimate of drug-likeness (QED) is 0.660. The molecule has 0 atom stereocenters. The van der Waals surface area contributed by atoms with Crippen molar-refractivity contribution in [3.05, 3.63) is 71.3 Å². The predicted octanol–water partition coefficient (Wildman–Crippen LogP) is 2.99. The first-order valence-corrected chi connectivity index (χ1v) is 5.92. The number of benzene rings is 2. The molecular formula is C16H12O4. The molecule has 4 nitrogen and oxygen atoms in total. The van der Waals surface area contributed by atoms with E-state index in [0.29, 0.717) is 0 Å². The SMILES string of the molecule is O=C(O)c1cccc(O)c1C(=O)C=Cc1ccccc1. The van der Waals surface area contributed by atoms with Crippen molar-refractivity contribution >= 4 is 17.8 Å². The zero-order chi connectivity index (χ0) is 14.5. The first kappa shape index (κ1) is 13.5. The minimum atomic E-state index is -1.25. The molecule has 0 saturated carbocycles. The number of carbonyl (C=O) groups is 2. The van der Waals surface area contributed by atoms with E-state index in [0.717, 1.165) is 5.56 Å². The van der Waals surface area contributed by atoms with Crippen molar-refractivity contribution in [1.82, 2.24) is 0 Å². The maximum atomic E-state index is 12.1. The van der Waals surface area contributed by atoms with Gasteiger partial charge in [-0.1, -0.05) is 42.5 Å². The molecule has 0 radical (unpaired) electrons. The topological polar surface area (TPSA) is 74.6 Å². The summed E-state index contributed by atoms with van der Waals surface area (Å²) in [5.41, 5.74) is 0.396. The van der Waals surface area contributed by atoms with Crippen molar-refractivity contribution in [1.29, 1.82) is 0 Å². The zero-order valence-electron chi connectivity index (χ0n) is 10.5. The van der Waals surface area contributed by atoms with Crippen LogP contribution in [0.25, 0.3) is 6.08 Å². The number of carboxylic acids is 1.